The largest absolute Gasteiger partial charge is 0.481 e. The average Bonchev–Trinajstić information content (AvgIpc) is 2.56. The first-order chi connectivity index (χ1) is 11.1. The van der Waals surface area contributed by atoms with Crippen LogP contribution in [0.3, 0.4) is 0 Å². The van der Waals surface area contributed by atoms with Crippen LogP contribution in [0.25, 0.3) is 11.0 Å². The van der Waals surface area contributed by atoms with Crippen molar-refractivity contribution in [2.45, 2.75) is 25.0 Å². The van der Waals surface area contributed by atoms with E-state index in [9.17, 15) is 9.50 Å². The van der Waals surface area contributed by atoms with E-state index in [1.807, 2.05) is 0 Å². The Balaban J connectivity index is 0.00000208. The van der Waals surface area contributed by atoms with Crippen LogP contribution in [0.15, 0.2) is 18.3 Å². The standard InChI is InChI=1S/C16H21FN4O2.ClH/c1-23-15-3-2-13-16(20-15)10(11(17)8-19-13)4-6-21-7-5-12(18)14(22)9-21;/h2-3,8,12,14,22H,4-7,9,18H2,1H3;1H/t12-,14-;/m1./s1. The van der Waals surface area contributed by atoms with Crippen molar-refractivity contribution in [1.29, 1.82) is 0 Å². The number of piperidine rings is 1. The van der Waals surface area contributed by atoms with E-state index in [2.05, 4.69) is 14.9 Å². The van der Waals surface area contributed by atoms with Crippen LogP contribution in [-0.2, 0) is 6.42 Å². The number of aliphatic hydroxyl groups is 1. The second-order valence-corrected chi connectivity index (χ2v) is 5.88. The Morgan fingerprint density at radius 3 is 2.96 bits per heavy atom. The molecule has 132 valence electrons. The van der Waals surface area contributed by atoms with Crippen molar-refractivity contribution in [3.05, 3.63) is 29.7 Å². The monoisotopic (exact) mass is 356 g/mol. The van der Waals surface area contributed by atoms with Gasteiger partial charge in [0.1, 0.15) is 5.82 Å². The number of hydrogen-bond donors (Lipinski definition) is 2. The molecule has 0 aromatic carbocycles. The number of nitrogens with zero attached hydrogens (tertiary/aromatic N) is 3. The quantitative estimate of drug-likeness (QED) is 0.854. The maximum Gasteiger partial charge on any atom is 0.213 e. The second kappa shape index (κ2) is 8.02. The predicted molar refractivity (Wildman–Crippen MR) is 92.0 cm³/mol. The highest BCUT2D eigenvalue weighted by Crippen LogP contribution is 2.22. The molecule has 1 fully saturated rings. The number of ether oxygens (including phenoxy) is 1. The molecule has 8 heteroatoms. The van der Waals surface area contributed by atoms with Crippen LogP contribution in [0.1, 0.15) is 12.0 Å². The Kier molecular flexibility index (Phi) is 6.28. The molecule has 2 aromatic rings. The second-order valence-electron chi connectivity index (χ2n) is 5.88. The van der Waals surface area contributed by atoms with E-state index in [-0.39, 0.29) is 24.3 Å². The zero-order valence-corrected chi connectivity index (χ0v) is 14.3. The van der Waals surface area contributed by atoms with Crippen LogP contribution in [-0.4, -0.2) is 58.9 Å². The number of rotatable bonds is 4. The first-order valence-corrected chi connectivity index (χ1v) is 7.72. The summed E-state index contributed by atoms with van der Waals surface area (Å²) in [5.41, 5.74) is 7.50. The summed E-state index contributed by atoms with van der Waals surface area (Å²) in [6.45, 7) is 1.96. The first kappa shape index (κ1) is 18.8. The summed E-state index contributed by atoms with van der Waals surface area (Å²) in [6, 6.07) is 3.31. The number of methoxy groups -OCH3 is 1. The van der Waals surface area contributed by atoms with Crippen molar-refractivity contribution in [3.8, 4) is 5.88 Å². The molecule has 0 unspecified atom stereocenters. The van der Waals surface area contributed by atoms with Gasteiger partial charge in [-0.25, -0.2) is 9.37 Å². The summed E-state index contributed by atoms with van der Waals surface area (Å²) in [5.74, 6) is 0.0676. The number of β-amino-alcohol motifs (C(OH)–C–C–N with tert-alkyl or cyclic N) is 1. The molecular weight excluding hydrogens is 335 g/mol. The smallest absolute Gasteiger partial charge is 0.213 e. The molecule has 3 heterocycles. The molecule has 0 amide bonds. The van der Waals surface area contributed by atoms with E-state index in [0.29, 0.717) is 42.0 Å². The zero-order valence-electron chi connectivity index (χ0n) is 13.5. The van der Waals surface area contributed by atoms with Crippen LogP contribution in [0, 0.1) is 5.82 Å². The van der Waals surface area contributed by atoms with E-state index < -0.39 is 6.10 Å². The number of fused-ring (bicyclic) bond motifs is 1. The lowest BCUT2D eigenvalue weighted by molar-refractivity contribution is 0.0541. The number of nitrogens with two attached hydrogens (primary N) is 1. The fraction of sp³-hybridized carbons (Fsp3) is 0.500. The average molecular weight is 357 g/mol. The van der Waals surface area contributed by atoms with Gasteiger partial charge in [0, 0.05) is 30.8 Å². The molecule has 1 saturated heterocycles. The number of pyridine rings is 2. The molecule has 0 saturated carbocycles. The normalized spacial score (nSPS) is 21.5. The van der Waals surface area contributed by atoms with Crippen LogP contribution >= 0.6 is 12.4 Å². The topological polar surface area (TPSA) is 84.5 Å². The lowest BCUT2D eigenvalue weighted by atomic mass is 10.0. The van der Waals surface area contributed by atoms with Gasteiger partial charge in [-0.3, -0.25) is 4.98 Å². The lowest BCUT2D eigenvalue weighted by Gasteiger charge is -2.34. The highest BCUT2D eigenvalue weighted by molar-refractivity contribution is 5.85. The molecule has 2 atom stereocenters. The summed E-state index contributed by atoms with van der Waals surface area (Å²) in [4.78, 5) is 10.5. The Morgan fingerprint density at radius 1 is 1.46 bits per heavy atom. The van der Waals surface area contributed by atoms with Crippen LogP contribution in [0.5, 0.6) is 5.88 Å². The van der Waals surface area contributed by atoms with E-state index in [1.165, 1.54) is 13.3 Å². The van der Waals surface area contributed by atoms with Crippen LogP contribution in [0.2, 0.25) is 0 Å². The third-order valence-electron chi connectivity index (χ3n) is 4.34. The fourth-order valence-corrected chi connectivity index (χ4v) is 2.92. The number of hydrogen-bond acceptors (Lipinski definition) is 6. The van der Waals surface area contributed by atoms with Crippen molar-refractivity contribution in [3.63, 3.8) is 0 Å². The van der Waals surface area contributed by atoms with E-state index in [1.54, 1.807) is 12.1 Å². The first-order valence-electron chi connectivity index (χ1n) is 7.72. The minimum Gasteiger partial charge on any atom is -0.481 e. The minimum atomic E-state index is -0.527. The summed E-state index contributed by atoms with van der Waals surface area (Å²) >= 11 is 0. The number of aromatic nitrogens is 2. The molecular formula is C16H22ClFN4O2. The van der Waals surface area contributed by atoms with Gasteiger partial charge in [-0.05, 0) is 25.5 Å². The van der Waals surface area contributed by atoms with Crippen molar-refractivity contribution in [1.82, 2.24) is 14.9 Å². The molecule has 0 bridgehead atoms. The highest BCUT2D eigenvalue weighted by atomic mass is 35.5. The molecule has 0 aliphatic carbocycles. The minimum absolute atomic E-state index is 0. The summed E-state index contributed by atoms with van der Waals surface area (Å²) in [7, 11) is 1.53. The summed E-state index contributed by atoms with van der Waals surface area (Å²) in [6.07, 6.45) is 1.94. The maximum atomic E-state index is 14.2. The molecule has 3 N–H and O–H groups in total. The zero-order chi connectivity index (χ0) is 16.4. The highest BCUT2D eigenvalue weighted by Gasteiger charge is 2.24. The molecule has 3 rings (SSSR count). The van der Waals surface area contributed by atoms with Gasteiger partial charge in [0.15, 0.2) is 0 Å². The maximum absolute atomic E-state index is 14.2. The van der Waals surface area contributed by atoms with Crippen LogP contribution < -0.4 is 10.5 Å². The molecule has 2 aromatic heterocycles. The molecule has 0 spiro atoms. The number of likely N-dealkylation sites (tertiary alicyclic amines) is 1. The van der Waals surface area contributed by atoms with Gasteiger partial charge in [-0.15, -0.1) is 12.4 Å². The SMILES string of the molecule is COc1ccc2ncc(F)c(CCN3CC[C@@H](N)[C@H](O)C3)c2n1.Cl. The molecule has 1 aliphatic heterocycles. The Morgan fingerprint density at radius 2 is 2.25 bits per heavy atom. The summed E-state index contributed by atoms with van der Waals surface area (Å²) < 4.78 is 19.3. The third-order valence-corrected chi connectivity index (χ3v) is 4.34. The van der Waals surface area contributed by atoms with Gasteiger partial charge >= 0.3 is 0 Å². The molecule has 1 aliphatic rings. The molecule has 0 radical (unpaired) electrons. The van der Waals surface area contributed by atoms with Gasteiger partial charge in [-0.1, -0.05) is 0 Å². The van der Waals surface area contributed by atoms with Gasteiger partial charge in [0.05, 0.1) is 30.4 Å². The van der Waals surface area contributed by atoms with Crippen molar-refractivity contribution in [2.75, 3.05) is 26.7 Å². The van der Waals surface area contributed by atoms with Gasteiger partial charge < -0.3 is 20.5 Å². The van der Waals surface area contributed by atoms with Crippen molar-refractivity contribution >= 4 is 23.4 Å². The van der Waals surface area contributed by atoms with E-state index in [4.69, 9.17) is 10.5 Å². The Labute approximate surface area is 146 Å². The fourth-order valence-electron chi connectivity index (χ4n) is 2.92. The van der Waals surface area contributed by atoms with Crippen molar-refractivity contribution < 1.29 is 14.2 Å². The van der Waals surface area contributed by atoms with Crippen LogP contribution in [0.4, 0.5) is 4.39 Å². The Bertz CT molecular complexity index is 703. The van der Waals surface area contributed by atoms with E-state index in [0.717, 1.165) is 13.0 Å². The van der Waals surface area contributed by atoms with E-state index >= 15 is 0 Å². The van der Waals surface area contributed by atoms with Gasteiger partial charge in [0.25, 0.3) is 0 Å². The van der Waals surface area contributed by atoms with Gasteiger partial charge in [-0.2, -0.15) is 0 Å². The lowest BCUT2D eigenvalue weighted by Crippen LogP contribution is -2.50. The molecule has 24 heavy (non-hydrogen) atoms. The van der Waals surface area contributed by atoms with Gasteiger partial charge in [0.2, 0.25) is 5.88 Å². The molecule has 6 nitrogen and oxygen atoms in total. The summed E-state index contributed by atoms with van der Waals surface area (Å²) in [5, 5.41) is 9.86. The predicted octanol–water partition coefficient (Wildman–Crippen LogP) is 1.14. The van der Waals surface area contributed by atoms with Crippen molar-refractivity contribution in [2.24, 2.45) is 5.73 Å². The number of aliphatic hydroxyl groups excluding tert-OH is 1. The third kappa shape index (κ3) is 3.92. The number of halogens is 2. The Hall–Kier alpha value is -1.54.